The molecule has 0 bridgehead atoms. The summed E-state index contributed by atoms with van der Waals surface area (Å²) in [6.07, 6.45) is -1.99. The molecule has 2 heterocycles. The zero-order valence-electron chi connectivity index (χ0n) is 13.4. The fourth-order valence-corrected chi connectivity index (χ4v) is 2.47. The highest BCUT2D eigenvalue weighted by Gasteiger charge is 2.33. The highest BCUT2D eigenvalue weighted by atomic mass is 35.5. The van der Waals surface area contributed by atoms with Crippen LogP contribution in [0, 0.1) is 0 Å². The monoisotopic (exact) mass is 397 g/mol. The van der Waals surface area contributed by atoms with Crippen molar-refractivity contribution in [3.63, 3.8) is 0 Å². The minimum Gasteiger partial charge on any atom is -0.382 e. The van der Waals surface area contributed by atoms with E-state index in [2.05, 4.69) is 25.4 Å². The third kappa shape index (κ3) is 3.97. The SMILES string of the molecule is Nc1nc(-n2cncn2)c(Cl)nc1C(=O)NCc1ccccc1C(F)(F)F. The Morgan fingerprint density at radius 2 is 2.00 bits per heavy atom. The minimum atomic E-state index is -4.54. The number of nitrogen functional groups attached to an aromatic ring is 1. The Hall–Kier alpha value is -3.21. The zero-order chi connectivity index (χ0) is 19.6. The predicted molar refractivity (Wildman–Crippen MR) is 89.0 cm³/mol. The summed E-state index contributed by atoms with van der Waals surface area (Å²) in [5.74, 6) is -1.01. The molecular formula is C15H11ClF3N7O. The van der Waals surface area contributed by atoms with E-state index >= 15 is 0 Å². The summed E-state index contributed by atoms with van der Waals surface area (Å²) in [6, 6.07) is 4.90. The van der Waals surface area contributed by atoms with Crippen LogP contribution in [0.2, 0.25) is 5.15 Å². The topological polar surface area (TPSA) is 112 Å². The maximum atomic E-state index is 13.0. The van der Waals surface area contributed by atoms with Gasteiger partial charge in [0.2, 0.25) is 0 Å². The fraction of sp³-hybridized carbons (Fsp3) is 0.133. The molecule has 3 aromatic rings. The molecular weight excluding hydrogens is 387 g/mol. The van der Waals surface area contributed by atoms with E-state index in [1.165, 1.54) is 35.5 Å². The summed E-state index contributed by atoms with van der Waals surface area (Å²) >= 11 is 5.99. The van der Waals surface area contributed by atoms with Crippen molar-refractivity contribution < 1.29 is 18.0 Å². The van der Waals surface area contributed by atoms with Gasteiger partial charge in [0, 0.05) is 6.54 Å². The molecule has 0 atom stereocenters. The summed E-state index contributed by atoms with van der Waals surface area (Å²) in [7, 11) is 0. The Bertz CT molecular complexity index is 976. The summed E-state index contributed by atoms with van der Waals surface area (Å²) in [5.41, 5.74) is 4.47. The maximum absolute atomic E-state index is 13.0. The second-order valence-corrected chi connectivity index (χ2v) is 5.61. The van der Waals surface area contributed by atoms with Crippen LogP contribution < -0.4 is 11.1 Å². The van der Waals surface area contributed by atoms with Gasteiger partial charge >= 0.3 is 6.18 Å². The normalized spacial score (nSPS) is 11.4. The summed E-state index contributed by atoms with van der Waals surface area (Å²) in [5, 5.41) is 5.99. The van der Waals surface area contributed by atoms with Crippen molar-refractivity contribution in [2.45, 2.75) is 12.7 Å². The van der Waals surface area contributed by atoms with E-state index in [0.717, 1.165) is 6.07 Å². The van der Waals surface area contributed by atoms with Crippen LogP contribution in [0.15, 0.2) is 36.9 Å². The van der Waals surface area contributed by atoms with E-state index < -0.39 is 17.6 Å². The largest absolute Gasteiger partial charge is 0.416 e. The van der Waals surface area contributed by atoms with Crippen LogP contribution in [0.1, 0.15) is 21.6 Å². The molecule has 0 saturated carbocycles. The van der Waals surface area contributed by atoms with Gasteiger partial charge in [0.25, 0.3) is 5.91 Å². The van der Waals surface area contributed by atoms with Crippen LogP contribution in [0.4, 0.5) is 19.0 Å². The molecule has 12 heteroatoms. The van der Waals surface area contributed by atoms with Gasteiger partial charge in [-0.25, -0.2) is 15.0 Å². The molecule has 0 saturated heterocycles. The number of carbonyl (C=O) groups is 1. The quantitative estimate of drug-likeness (QED) is 0.698. The first kappa shape index (κ1) is 18.6. The second-order valence-electron chi connectivity index (χ2n) is 5.25. The van der Waals surface area contributed by atoms with Gasteiger partial charge in [0.15, 0.2) is 22.5 Å². The fourth-order valence-electron chi connectivity index (χ4n) is 2.26. The van der Waals surface area contributed by atoms with E-state index in [1.807, 2.05) is 0 Å². The number of nitrogens with one attached hydrogen (secondary N) is 1. The van der Waals surface area contributed by atoms with E-state index in [-0.39, 0.29) is 34.6 Å². The van der Waals surface area contributed by atoms with Gasteiger partial charge in [-0.05, 0) is 11.6 Å². The van der Waals surface area contributed by atoms with Crippen LogP contribution in [0.3, 0.4) is 0 Å². The van der Waals surface area contributed by atoms with E-state index in [0.29, 0.717) is 0 Å². The third-order valence-electron chi connectivity index (χ3n) is 3.48. The molecule has 0 spiro atoms. The smallest absolute Gasteiger partial charge is 0.382 e. The van der Waals surface area contributed by atoms with Gasteiger partial charge in [-0.1, -0.05) is 29.8 Å². The number of halogens is 4. The van der Waals surface area contributed by atoms with Crippen molar-refractivity contribution in [2.75, 3.05) is 5.73 Å². The van der Waals surface area contributed by atoms with Gasteiger partial charge in [-0.2, -0.15) is 23.0 Å². The van der Waals surface area contributed by atoms with E-state index in [9.17, 15) is 18.0 Å². The molecule has 8 nitrogen and oxygen atoms in total. The van der Waals surface area contributed by atoms with E-state index in [4.69, 9.17) is 17.3 Å². The van der Waals surface area contributed by atoms with Crippen molar-refractivity contribution in [1.29, 1.82) is 0 Å². The van der Waals surface area contributed by atoms with E-state index in [1.54, 1.807) is 0 Å². The van der Waals surface area contributed by atoms with Crippen molar-refractivity contribution >= 4 is 23.3 Å². The Morgan fingerprint density at radius 3 is 2.67 bits per heavy atom. The molecule has 1 aromatic carbocycles. The molecule has 2 aromatic heterocycles. The Balaban J connectivity index is 1.81. The molecule has 1 amide bonds. The average molecular weight is 398 g/mol. The first-order valence-corrected chi connectivity index (χ1v) is 7.76. The number of alkyl halides is 3. The number of rotatable bonds is 4. The third-order valence-corrected chi connectivity index (χ3v) is 3.73. The van der Waals surface area contributed by atoms with Gasteiger partial charge in [-0.3, -0.25) is 4.79 Å². The molecule has 140 valence electrons. The molecule has 3 rings (SSSR count). The molecule has 3 N–H and O–H groups in total. The predicted octanol–water partition coefficient (Wildman–Crippen LogP) is 2.24. The molecule has 0 unspecified atom stereocenters. The number of aromatic nitrogens is 5. The Labute approximate surface area is 155 Å². The number of carbonyl (C=O) groups excluding carboxylic acids is 1. The number of amides is 1. The molecule has 0 fully saturated rings. The lowest BCUT2D eigenvalue weighted by atomic mass is 10.1. The highest BCUT2D eigenvalue weighted by molar-refractivity contribution is 6.31. The first-order chi connectivity index (χ1) is 12.8. The van der Waals surface area contributed by atoms with Crippen molar-refractivity contribution in [1.82, 2.24) is 30.0 Å². The van der Waals surface area contributed by atoms with Gasteiger partial charge < -0.3 is 11.1 Å². The Morgan fingerprint density at radius 1 is 1.26 bits per heavy atom. The number of nitrogens with two attached hydrogens (primary N) is 1. The minimum absolute atomic E-state index is 0.0608. The Kier molecular flexibility index (Phi) is 4.95. The molecule has 0 aliphatic heterocycles. The van der Waals surface area contributed by atoms with Gasteiger partial charge in [0.1, 0.15) is 12.7 Å². The lowest BCUT2D eigenvalue weighted by Crippen LogP contribution is -2.27. The first-order valence-electron chi connectivity index (χ1n) is 7.38. The number of hydrogen-bond acceptors (Lipinski definition) is 6. The number of anilines is 1. The van der Waals surface area contributed by atoms with Crippen molar-refractivity contribution in [2.24, 2.45) is 0 Å². The lowest BCUT2D eigenvalue weighted by molar-refractivity contribution is -0.138. The summed E-state index contributed by atoms with van der Waals surface area (Å²) < 4.78 is 40.2. The van der Waals surface area contributed by atoms with Crippen LogP contribution in [0.25, 0.3) is 5.82 Å². The van der Waals surface area contributed by atoms with Crippen LogP contribution in [0.5, 0.6) is 0 Å². The summed E-state index contributed by atoms with van der Waals surface area (Å²) in [6.45, 7) is -0.377. The lowest BCUT2D eigenvalue weighted by Gasteiger charge is -2.13. The zero-order valence-corrected chi connectivity index (χ0v) is 14.2. The second kappa shape index (κ2) is 7.19. The maximum Gasteiger partial charge on any atom is 0.416 e. The van der Waals surface area contributed by atoms with Gasteiger partial charge in [-0.15, -0.1) is 0 Å². The molecule has 0 radical (unpaired) electrons. The van der Waals surface area contributed by atoms with Gasteiger partial charge in [0.05, 0.1) is 5.56 Å². The number of nitrogens with zero attached hydrogens (tertiary/aromatic N) is 5. The standard InChI is InChI=1S/C15H11ClF3N7O/c16-11-13(26-7-21-6-23-26)25-12(20)10(24-11)14(27)22-5-8-3-1-2-4-9(8)15(17,18)19/h1-4,6-7H,5H2,(H2,20,25)(H,22,27). The van der Waals surface area contributed by atoms with Crippen molar-refractivity contribution in [3.05, 3.63) is 58.9 Å². The van der Waals surface area contributed by atoms with Crippen molar-refractivity contribution in [3.8, 4) is 5.82 Å². The molecule has 27 heavy (non-hydrogen) atoms. The average Bonchev–Trinajstić information content (AvgIpc) is 3.15. The molecule has 0 aliphatic carbocycles. The van der Waals surface area contributed by atoms with Crippen LogP contribution in [-0.4, -0.2) is 30.6 Å². The van der Waals surface area contributed by atoms with Crippen LogP contribution >= 0.6 is 11.6 Å². The number of hydrogen-bond donors (Lipinski definition) is 2. The highest BCUT2D eigenvalue weighted by Crippen LogP contribution is 2.31. The summed E-state index contributed by atoms with van der Waals surface area (Å²) in [4.78, 5) is 23.8. The van der Waals surface area contributed by atoms with Crippen LogP contribution in [-0.2, 0) is 12.7 Å². The number of benzene rings is 1. The molecule has 0 aliphatic rings.